The molecule has 0 bridgehead atoms. The summed E-state index contributed by atoms with van der Waals surface area (Å²) in [6, 6.07) is 29.9. The molecule has 1 heterocycles. The van der Waals surface area contributed by atoms with Crippen LogP contribution in [0.3, 0.4) is 0 Å². The van der Waals surface area contributed by atoms with Gasteiger partial charge in [-0.15, -0.1) is 0 Å². The van der Waals surface area contributed by atoms with Crippen LogP contribution in [0.2, 0.25) is 0 Å². The fourth-order valence-electron chi connectivity index (χ4n) is 4.11. The lowest BCUT2D eigenvalue weighted by molar-refractivity contribution is 0.101. The maximum atomic E-state index is 13.6. The molecule has 4 aromatic carbocycles. The molecule has 37 heavy (non-hydrogen) atoms. The molecule has 1 aromatic heterocycles. The van der Waals surface area contributed by atoms with Crippen LogP contribution >= 0.6 is 12.2 Å². The van der Waals surface area contributed by atoms with Crippen LogP contribution in [0.15, 0.2) is 101 Å². The van der Waals surface area contributed by atoms with E-state index in [1.54, 1.807) is 25.3 Å². The van der Waals surface area contributed by atoms with Gasteiger partial charge in [0.05, 0.1) is 7.11 Å². The number of hydrogen-bond donors (Lipinski definition) is 2. The summed E-state index contributed by atoms with van der Waals surface area (Å²) >= 11 is 5.01. The monoisotopic (exact) mass is 508 g/mol. The number of rotatable bonds is 8. The van der Waals surface area contributed by atoms with Gasteiger partial charge in [-0.3, -0.25) is 4.79 Å². The summed E-state index contributed by atoms with van der Waals surface area (Å²) in [5.41, 5.74) is 9.98. The average Bonchev–Trinajstić information content (AvgIpc) is 3.36. The largest absolute Gasteiger partial charge is 0.497 e. The minimum atomic E-state index is -0.226. The number of hydrogen-bond acceptors (Lipinski definition) is 5. The Labute approximate surface area is 219 Å². The van der Waals surface area contributed by atoms with Gasteiger partial charge in [-0.1, -0.05) is 42.5 Å². The maximum Gasteiger partial charge on any atom is 0.228 e. The molecule has 0 aliphatic carbocycles. The van der Waals surface area contributed by atoms with Gasteiger partial charge in [0, 0.05) is 16.6 Å². The van der Waals surface area contributed by atoms with Crippen molar-refractivity contribution < 1.29 is 18.7 Å². The quantitative estimate of drug-likeness (QED) is 0.181. The number of para-hydroxylation sites is 1. The standard InChI is InChI=1S/C30H24N2O4S/c1-34-23-9-4-6-19(14-23)18-35-24-10-5-8-20(15-24)26-17-22(32-30(31)37)12-13-25(26)29(33)28-16-21-7-2-3-11-27(21)36-28/h2-17H,18H2,1H3,(H3,31,32,37). The zero-order valence-electron chi connectivity index (χ0n) is 20.1. The number of benzene rings is 4. The van der Waals surface area contributed by atoms with Crippen molar-refractivity contribution in [1.82, 2.24) is 0 Å². The van der Waals surface area contributed by atoms with Gasteiger partial charge < -0.3 is 24.9 Å². The van der Waals surface area contributed by atoms with Gasteiger partial charge in [-0.2, -0.15) is 0 Å². The van der Waals surface area contributed by atoms with Crippen molar-refractivity contribution in [2.45, 2.75) is 6.61 Å². The number of carbonyl (C=O) groups is 1. The Kier molecular flexibility index (Phi) is 6.87. The second-order valence-electron chi connectivity index (χ2n) is 8.40. The van der Waals surface area contributed by atoms with Crippen LogP contribution in [0, 0.1) is 0 Å². The van der Waals surface area contributed by atoms with Crippen LogP contribution in [0.4, 0.5) is 5.69 Å². The van der Waals surface area contributed by atoms with Crippen LogP contribution in [0.5, 0.6) is 11.5 Å². The first-order chi connectivity index (χ1) is 18.0. The molecular formula is C30H24N2O4S. The number of ether oxygens (including phenoxy) is 2. The van der Waals surface area contributed by atoms with Crippen molar-refractivity contribution in [3.63, 3.8) is 0 Å². The van der Waals surface area contributed by atoms with E-state index in [0.29, 0.717) is 34.8 Å². The molecule has 0 aliphatic rings. The number of anilines is 1. The molecule has 0 unspecified atom stereocenters. The Hall–Kier alpha value is -4.62. The molecule has 0 fully saturated rings. The van der Waals surface area contributed by atoms with Crippen molar-refractivity contribution in [3.05, 3.63) is 114 Å². The SMILES string of the molecule is COc1cccc(COc2cccc(-c3cc(NC(N)=S)ccc3C(=O)c3cc4ccccc4o3)c2)c1. The van der Waals surface area contributed by atoms with Crippen molar-refractivity contribution in [2.75, 3.05) is 12.4 Å². The Morgan fingerprint density at radius 1 is 0.919 bits per heavy atom. The number of methoxy groups -OCH3 is 1. The molecule has 0 saturated carbocycles. The van der Waals surface area contributed by atoms with Crippen LogP contribution in [-0.2, 0) is 6.61 Å². The minimum Gasteiger partial charge on any atom is -0.497 e. The normalized spacial score (nSPS) is 10.7. The van der Waals surface area contributed by atoms with Gasteiger partial charge in [0.1, 0.15) is 23.7 Å². The van der Waals surface area contributed by atoms with Crippen molar-refractivity contribution in [2.24, 2.45) is 5.73 Å². The van der Waals surface area contributed by atoms with Gasteiger partial charge in [-0.05, 0) is 83.5 Å². The number of nitrogens with two attached hydrogens (primary N) is 1. The lowest BCUT2D eigenvalue weighted by Crippen LogP contribution is -2.19. The van der Waals surface area contributed by atoms with Gasteiger partial charge in [0.25, 0.3) is 0 Å². The van der Waals surface area contributed by atoms with E-state index in [1.807, 2.05) is 78.9 Å². The minimum absolute atomic E-state index is 0.137. The Bertz CT molecular complexity index is 1580. The van der Waals surface area contributed by atoms with E-state index in [0.717, 1.165) is 22.3 Å². The van der Waals surface area contributed by atoms with Crippen LogP contribution in [0.1, 0.15) is 21.7 Å². The molecule has 5 rings (SSSR count). The first-order valence-electron chi connectivity index (χ1n) is 11.6. The predicted octanol–water partition coefficient (Wildman–Crippen LogP) is 6.57. The molecule has 0 atom stereocenters. The molecule has 3 N–H and O–H groups in total. The second-order valence-corrected chi connectivity index (χ2v) is 8.84. The number of carbonyl (C=O) groups excluding carboxylic acids is 1. The number of nitrogens with one attached hydrogen (secondary N) is 1. The van der Waals surface area contributed by atoms with E-state index < -0.39 is 0 Å². The zero-order chi connectivity index (χ0) is 25.8. The second kappa shape index (κ2) is 10.6. The molecular weight excluding hydrogens is 484 g/mol. The summed E-state index contributed by atoms with van der Waals surface area (Å²) in [6.07, 6.45) is 0. The highest BCUT2D eigenvalue weighted by Gasteiger charge is 2.20. The third-order valence-corrected chi connectivity index (χ3v) is 5.97. The van der Waals surface area contributed by atoms with Crippen LogP contribution in [-0.4, -0.2) is 18.0 Å². The lowest BCUT2D eigenvalue weighted by atomic mass is 9.95. The van der Waals surface area contributed by atoms with E-state index in [-0.39, 0.29) is 16.7 Å². The molecule has 0 radical (unpaired) electrons. The van der Waals surface area contributed by atoms with Gasteiger partial charge >= 0.3 is 0 Å². The zero-order valence-corrected chi connectivity index (χ0v) is 20.9. The summed E-state index contributed by atoms with van der Waals surface area (Å²) < 4.78 is 17.2. The Balaban J connectivity index is 1.49. The molecule has 0 amide bonds. The smallest absolute Gasteiger partial charge is 0.228 e. The number of thiocarbonyl (C=S) groups is 1. The van der Waals surface area contributed by atoms with Crippen molar-refractivity contribution in [3.8, 4) is 22.6 Å². The first kappa shape index (κ1) is 24.1. The number of furan rings is 1. The Morgan fingerprint density at radius 3 is 2.54 bits per heavy atom. The van der Waals surface area contributed by atoms with E-state index in [1.165, 1.54) is 0 Å². The van der Waals surface area contributed by atoms with Gasteiger partial charge in [0.2, 0.25) is 5.78 Å². The fourth-order valence-corrected chi connectivity index (χ4v) is 4.23. The summed E-state index contributed by atoms with van der Waals surface area (Å²) in [4.78, 5) is 13.6. The predicted molar refractivity (Wildman–Crippen MR) is 149 cm³/mol. The third-order valence-electron chi connectivity index (χ3n) is 5.87. The molecule has 7 heteroatoms. The molecule has 0 aliphatic heterocycles. The summed E-state index contributed by atoms with van der Waals surface area (Å²) in [6.45, 7) is 0.370. The summed E-state index contributed by atoms with van der Waals surface area (Å²) in [5.74, 6) is 1.47. The topological polar surface area (TPSA) is 86.7 Å². The number of ketones is 1. The maximum absolute atomic E-state index is 13.6. The van der Waals surface area contributed by atoms with E-state index in [9.17, 15) is 4.79 Å². The highest BCUT2D eigenvalue weighted by Crippen LogP contribution is 2.32. The van der Waals surface area contributed by atoms with E-state index >= 15 is 0 Å². The first-order valence-corrected chi connectivity index (χ1v) is 12.0. The summed E-state index contributed by atoms with van der Waals surface area (Å²) in [7, 11) is 1.63. The average molecular weight is 509 g/mol. The van der Waals surface area contributed by atoms with Crippen molar-refractivity contribution in [1.29, 1.82) is 0 Å². The van der Waals surface area contributed by atoms with Crippen LogP contribution < -0.4 is 20.5 Å². The van der Waals surface area contributed by atoms with Gasteiger partial charge in [-0.25, -0.2) is 0 Å². The summed E-state index contributed by atoms with van der Waals surface area (Å²) in [5, 5.41) is 3.95. The Morgan fingerprint density at radius 2 is 1.73 bits per heavy atom. The molecule has 0 saturated heterocycles. The van der Waals surface area contributed by atoms with E-state index in [2.05, 4.69) is 5.32 Å². The molecule has 0 spiro atoms. The van der Waals surface area contributed by atoms with Crippen LogP contribution in [0.25, 0.3) is 22.1 Å². The van der Waals surface area contributed by atoms with Crippen molar-refractivity contribution >= 4 is 39.8 Å². The highest BCUT2D eigenvalue weighted by atomic mass is 32.1. The molecule has 5 aromatic rings. The third kappa shape index (κ3) is 5.47. The van der Waals surface area contributed by atoms with E-state index in [4.69, 9.17) is 31.8 Å². The lowest BCUT2D eigenvalue weighted by Gasteiger charge is -2.13. The molecule has 6 nitrogen and oxygen atoms in total. The van der Waals surface area contributed by atoms with Gasteiger partial charge in [0.15, 0.2) is 10.9 Å². The fraction of sp³-hybridized carbons (Fsp3) is 0.0667. The highest BCUT2D eigenvalue weighted by molar-refractivity contribution is 7.80. The molecule has 184 valence electrons. The number of fused-ring (bicyclic) bond motifs is 1.